The van der Waals surface area contributed by atoms with Crippen molar-refractivity contribution in [2.24, 2.45) is 11.8 Å². The van der Waals surface area contributed by atoms with E-state index in [0.717, 1.165) is 23.2 Å². The van der Waals surface area contributed by atoms with Gasteiger partial charge < -0.3 is 4.74 Å². The number of fused-ring (bicyclic) bond motifs is 2. The third-order valence-corrected chi connectivity index (χ3v) is 7.07. The number of benzene rings is 3. The summed E-state index contributed by atoms with van der Waals surface area (Å²) in [5.74, 6) is -0.840. The molecule has 5 nitrogen and oxygen atoms in total. The van der Waals surface area contributed by atoms with E-state index in [9.17, 15) is 14.0 Å². The molecule has 1 amide bonds. The zero-order chi connectivity index (χ0) is 24.4. The molecule has 2 aliphatic heterocycles. The first-order valence-corrected chi connectivity index (χ1v) is 12.0. The van der Waals surface area contributed by atoms with Crippen LogP contribution in [0.3, 0.4) is 0 Å². The number of likely N-dealkylation sites (tertiary alicyclic amines) is 2. The number of amides is 1. The van der Waals surface area contributed by atoms with Gasteiger partial charge in [-0.05, 0) is 41.3 Å². The van der Waals surface area contributed by atoms with Crippen LogP contribution in [-0.2, 0) is 22.7 Å². The van der Waals surface area contributed by atoms with Gasteiger partial charge in [-0.3, -0.25) is 14.6 Å². The van der Waals surface area contributed by atoms with Crippen LogP contribution in [-0.4, -0.2) is 41.3 Å². The monoisotopic (exact) mass is 472 g/mol. The lowest BCUT2D eigenvalue weighted by Gasteiger charge is -2.49. The van der Waals surface area contributed by atoms with Gasteiger partial charge in [-0.25, -0.2) is 9.18 Å². The zero-order valence-corrected chi connectivity index (χ0v) is 19.8. The first-order valence-electron chi connectivity index (χ1n) is 12.0. The molecule has 0 aliphatic carbocycles. The van der Waals surface area contributed by atoms with E-state index < -0.39 is 18.1 Å². The van der Waals surface area contributed by atoms with Gasteiger partial charge in [0.25, 0.3) is 0 Å². The molecule has 0 saturated carbocycles. The third kappa shape index (κ3) is 4.98. The Morgan fingerprint density at radius 3 is 2.31 bits per heavy atom. The highest BCUT2D eigenvalue weighted by Crippen LogP contribution is 2.41. The smallest absolute Gasteiger partial charge is 0.410 e. The van der Waals surface area contributed by atoms with E-state index in [1.54, 1.807) is 11.0 Å². The number of nitrogens with zero attached hydrogens (tertiary/aromatic N) is 2. The van der Waals surface area contributed by atoms with Crippen molar-refractivity contribution < 1.29 is 18.7 Å². The van der Waals surface area contributed by atoms with E-state index in [0.29, 0.717) is 13.1 Å². The van der Waals surface area contributed by atoms with Crippen molar-refractivity contribution in [2.75, 3.05) is 19.6 Å². The first-order chi connectivity index (χ1) is 17.0. The normalized spacial score (nSPS) is 22.2. The van der Waals surface area contributed by atoms with Gasteiger partial charge in [0.1, 0.15) is 18.2 Å². The van der Waals surface area contributed by atoms with Crippen LogP contribution in [0.15, 0.2) is 78.9 Å². The Balaban J connectivity index is 1.43. The summed E-state index contributed by atoms with van der Waals surface area (Å²) in [7, 11) is 0. The molecule has 3 aromatic rings. The molecule has 180 valence electrons. The number of ether oxygens (including phenoxy) is 1. The summed E-state index contributed by atoms with van der Waals surface area (Å²) in [6, 6.07) is 23.8. The molecular weight excluding hydrogens is 443 g/mol. The standard InChI is InChI=1S/C29H29FN2O3/c1-20-14-24(30)12-13-25(20)27-26-18-31(15-21-8-4-2-5-9-21)16-23(28(26)33)17-32(27)29(34)35-19-22-10-6-3-7-11-22/h2-14,23,26-27H,15-19H2,1H3. The van der Waals surface area contributed by atoms with Gasteiger partial charge in [0.2, 0.25) is 0 Å². The summed E-state index contributed by atoms with van der Waals surface area (Å²) >= 11 is 0. The van der Waals surface area contributed by atoms with Crippen molar-refractivity contribution in [3.8, 4) is 0 Å². The Morgan fingerprint density at radius 2 is 1.63 bits per heavy atom. The number of carbonyl (C=O) groups is 2. The maximum Gasteiger partial charge on any atom is 0.410 e. The fourth-order valence-electron chi connectivity index (χ4n) is 5.44. The average molecular weight is 473 g/mol. The van der Waals surface area contributed by atoms with Gasteiger partial charge in [-0.15, -0.1) is 0 Å². The molecule has 3 atom stereocenters. The molecule has 35 heavy (non-hydrogen) atoms. The minimum Gasteiger partial charge on any atom is -0.445 e. The van der Waals surface area contributed by atoms with Crippen molar-refractivity contribution in [2.45, 2.75) is 26.1 Å². The minimum absolute atomic E-state index is 0.161. The molecule has 2 saturated heterocycles. The summed E-state index contributed by atoms with van der Waals surface area (Å²) in [5, 5.41) is 0. The van der Waals surface area contributed by atoms with E-state index in [2.05, 4.69) is 17.0 Å². The van der Waals surface area contributed by atoms with Gasteiger partial charge in [0.05, 0.1) is 12.0 Å². The van der Waals surface area contributed by atoms with E-state index >= 15 is 0 Å². The second-order valence-electron chi connectivity index (χ2n) is 9.52. The zero-order valence-electron chi connectivity index (χ0n) is 19.8. The lowest BCUT2D eigenvalue weighted by molar-refractivity contribution is -0.141. The maximum atomic E-state index is 13.9. The molecule has 3 aromatic carbocycles. The molecule has 2 heterocycles. The molecule has 6 heteroatoms. The van der Waals surface area contributed by atoms with Crippen LogP contribution in [0.5, 0.6) is 0 Å². The van der Waals surface area contributed by atoms with E-state index in [1.165, 1.54) is 17.7 Å². The fourth-order valence-corrected chi connectivity index (χ4v) is 5.44. The van der Waals surface area contributed by atoms with Gasteiger partial charge in [0.15, 0.2) is 0 Å². The Bertz CT molecular complexity index is 1200. The first kappa shape index (κ1) is 23.2. The summed E-state index contributed by atoms with van der Waals surface area (Å²) in [4.78, 5) is 30.8. The Morgan fingerprint density at radius 1 is 0.943 bits per heavy atom. The molecule has 0 N–H and O–H groups in total. The number of rotatable bonds is 5. The molecule has 2 aliphatic rings. The van der Waals surface area contributed by atoms with Crippen molar-refractivity contribution >= 4 is 11.9 Å². The number of aryl methyl sites for hydroxylation is 1. The van der Waals surface area contributed by atoms with Gasteiger partial charge in [-0.1, -0.05) is 66.7 Å². The molecule has 0 spiro atoms. The highest BCUT2D eigenvalue weighted by atomic mass is 19.1. The van der Waals surface area contributed by atoms with Crippen LogP contribution in [0.25, 0.3) is 0 Å². The number of Topliss-reactive ketones (excluding diaryl/α,β-unsaturated/α-hetero) is 1. The molecule has 2 fully saturated rings. The summed E-state index contributed by atoms with van der Waals surface area (Å²) in [6.45, 7) is 4.15. The number of piperidine rings is 2. The number of hydrogen-bond donors (Lipinski definition) is 0. The van der Waals surface area contributed by atoms with E-state index in [-0.39, 0.29) is 30.7 Å². The van der Waals surface area contributed by atoms with Crippen LogP contribution in [0, 0.1) is 24.6 Å². The number of carbonyl (C=O) groups excluding carboxylic acids is 2. The molecule has 0 aromatic heterocycles. The largest absolute Gasteiger partial charge is 0.445 e. The highest BCUT2D eigenvalue weighted by Gasteiger charge is 2.49. The maximum absolute atomic E-state index is 13.9. The molecule has 2 bridgehead atoms. The van der Waals surface area contributed by atoms with Crippen molar-refractivity contribution in [1.82, 2.24) is 9.80 Å². The van der Waals surface area contributed by atoms with Crippen molar-refractivity contribution in [1.29, 1.82) is 0 Å². The van der Waals surface area contributed by atoms with Crippen LogP contribution in [0.2, 0.25) is 0 Å². The predicted molar refractivity (Wildman–Crippen MR) is 131 cm³/mol. The SMILES string of the molecule is Cc1cc(F)ccc1C1C2CN(Cc3ccccc3)CC(CN1C(=O)OCc1ccccc1)C2=O. The summed E-state index contributed by atoms with van der Waals surface area (Å²) in [5.41, 5.74) is 3.61. The Hall–Kier alpha value is -3.51. The predicted octanol–water partition coefficient (Wildman–Crippen LogP) is 5.14. The summed E-state index contributed by atoms with van der Waals surface area (Å²) in [6.07, 6.45) is -0.443. The average Bonchev–Trinajstić information content (AvgIpc) is 2.85. The molecule has 5 rings (SSSR count). The second-order valence-corrected chi connectivity index (χ2v) is 9.52. The second kappa shape index (κ2) is 10.0. The Labute approximate surface area is 205 Å². The van der Waals surface area contributed by atoms with Gasteiger partial charge >= 0.3 is 6.09 Å². The lowest BCUT2D eigenvalue weighted by atomic mass is 9.75. The van der Waals surface area contributed by atoms with Gasteiger partial charge in [-0.2, -0.15) is 0 Å². The van der Waals surface area contributed by atoms with Crippen LogP contribution >= 0.6 is 0 Å². The van der Waals surface area contributed by atoms with Crippen LogP contribution < -0.4 is 0 Å². The topological polar surface area (TPSA) is 49.9 Å². The molecule has 0 radical (unpaired) electrons. The van der Waals surface area contributed by atoms with Crippen molar-refractivity contribution in [3.63, 3.8) is 0 Å². The number of hydrogen-bond acceptors (Lipinski definition) is 4. The number of halogens is 1. The molecule has 3 unspecified atom stereocenters. The Kier molecular flexibility index (Phi) is 6.64. The lowest BCUT2D eigenvalue weighted by Crippen LogP contribution is -2.60. The number of ketones is 1. The fraction of sp³-hybridized carbons (Fsp3) is 0.310. The van der Waals surface area contributed by atoms with E-state index in [1.807, 2.05) is 55.5 Å². The quantitative estimate of drug-likeness (QED) is 0.516. The van der Waals surface area contributed by atoms with Crippen LogP contribution in [0.4, 0.5) is 9.18 Å². The molecular formula is C29H29FN2O3. The van der Waals surface area contributed by atoms with E-state index in [4.69, 9.17) is 4.74 Å². The minimum atomic E-state index is -0.499. The van der Waals surface area contributed by atoms with Crippen molar-refractivity contribution in [3.05, 3.63) is 107 Å². The van der Waals surface area contributed by atoms with Gasteiger partial charge in [0, 0.05) is 32.1 Å². The third-order valence-electron chi connectivity index (χ3n) is 7.07. The summed E-state index contributed by atoms with van der Waals surface area (Å²) < 4.78 is 19.6. The van der Waals surface area contributed by atoms with Crippen LogP contribution in [0.1, 0.15) is 28.3 Å². The highest BCUT2D eigenvalue weighted by molar-refractivity contribution is 5.88.